The molecule has 0 aromatic heterocycles. The topological polar surface area (TPSA) is 64.7 Å². The van der Waals surface area contributed by atoms with E-state index in [1.165, 1.54) is 0 Å². The molecule has 0 amide bonds. The van der Waals surface area contributed by atoms with Gasteiger partial charge in [-0.05, 0) is 12.1 Å². The Morgan fingerprint density at radius 3 is 2.14 bits per heavy atom. The Labute approximate surface area is 83.3 Å². The number of methoxy groups -OCH3 is 2. The molecule has 0 unspecified atom stereocenters. The molecule has 0 aliphatic carbocycles. The van der Waals surface area contributed by atoms with E-state index >= 15 is 0 Å². The minimum absolute atomic E-state index is 0.142. The van der Waals surface area contributed by atoms with E-state index in [2.05, 4.69) is 0 Å². The molecule has 1 aromatic carbocycles. The number of benzene rings is 1. The summed E-state index contributed by atoms with van der Waals surface area (Å²) in [4.78, 5) is 0. The maximum absolute atomic E-state index is 8.99. The lowest BCUT2D eigenvalue weighted by atomic mass is 10.1. The number of nitrogens with two attached hydrogens (primary N) is 1. The second-order valence-electron chi connectivity index (χ2n) is 2.87. The van der Waals surface area contributed by atoms with Crippen LogP contribution in [0.1, 0.15) is 11.6 Å². The van der Waals surface area contributed by atoms with Crippen molar-refractivity contribution in [2.45, 2.75) is 6.04 Å². The van der Waals surface area contributed by atoms with Gasteiger partial charge in [0.25, 0.3) is 0 Å². The van der Waals surface area contributed by atoms with Gasteiger partial charge in [0.2, 0.25) is 0 Å². The van der Waals surface area contributed by atoms with Crippen LogP contribution in [0.2, 0.25) is 0 Å². The van der Waals surface area contributed by atoms with E-state index in [-0.39, 0.29) is 6.61 Å². The van der Waals surface area contributed by atoms with Crippen LogP contribution in [0.4, 0.5) is 0 Å². The summed E-state index contributed by atoms with van der Waals surface area (Å²) in [5, 5.41) is 8.99. The predicted octanol–water partition coefficient (Wildman–Crippen LogP) is 0.696. The van der Waals surface area contributed by atoms with E-state index in [9.17, 15) is 0 Å². The molecule has 4 nitrogen and oxygen atoms in total. The quantitative estimate of drug-likeness (QED) is 0.745. The number of aliphatic hydroxyl groups excluding tert-OH is 1. The number of ether oxygens (including phenoxy) is 2. The molecule has 1 atom stereocenters. The van der Waals surface area contributed by atoms with Crippen LogP contribution in [-0.4, -0.2) is 25.9 Å². The third kappa shape index (κ3) is 1.97. The van der Waals surface area contributed by atoms with Crippen LogP contribution in [0.25, 0.3) is 0 Å². The van der Waals surface area contributed by atoms with Crippen LogP contribution in [0.15, 0.2) is 18.2 Å². The lowest BCUT2D eigenvalue weighted by Gasteiger charge is -2.16. The summed E-state index contributed by atoms with van der Waals surface area (Å²) in [6, 6.07) is 4.90. The fourth-order valence-electron chi connectivity index (χ4n) is 1.34. The molecule has 0 fully saturated rings. The molecule has 0 spiro atoms. The molecule has 0 heterocycles. The number of hydrogen-bond donors (Lipinski definition) is 2. The van der Waals surface area contributed by atoms with Crippen molar-refractivity contribution < 1.29 is 14.6 Å². The summed E-state index contributed by atoms with van der Waals surface area (Å²) in [6.45, 7) is -0.142. The highest BCUT2D eigenvalue weighted by Crippen LogP contribution is 2.32. The first-order valence-corrected chi connectivity index (χ1v) is 4.32. The van der Waals surface area contributed by atoms with Gasteiger partial charge in [0.05, 0.1) is 32.4 Å². The Balaban J connectivity index is 3.18. The molecule has 3 N–H and O–H groups in total. The minimum Gasteiger partial charge on any atom is -0.496 e. The molecule has 0 bridgehead atoms. The van der Waals surface area contributed by atoms with Crippen molar-refractivity contribution in [1.29, 1.82) is 0 Å². The molecular formula is C10H15NO3. The van der Waals surface area contributed by atoms with Crippen LogP contribution >= 0.6 is 0 Å². The molecule has 0 saturated heterocycles. The van der Waals surface area contributed by atoms with Crippen molar-refractivity contribution in [2.75, 3.05) is 20.8 Å². The summed E-state index contributed by atoms with van der Waals surface area (Å²) in [5.74, 6) is 1.26. The fraction of sp³-hybridized carbons (Fsp3) is 0.400. The Bertz CT molecular complexity index is 279. The second-order valence-corrected chi connectivity index (χ2v) is 2.87. The van der Waals surface area contributed by atoms with E-state index < -0.39 is 6.04 Å². The van der Waals surface area contributed by atoms with Gasteiger partial charge in [-0.15, -0.1) is 0 Å². The summed E-state index contributed by atoms with van der Waals surface area (Å²) in [5.41, 5.74) is 6.43. The van der Waals surface area contributed by atoms with Gasteiger partial charge >= 0.3 is 0 Å². The highest BCUT2D eigenvalue weighted by molar-refractivity contribution is 5.46. The molecule has 1 rings (SSSR count). The normalized spacial score (nSPS) is 12.3. The molecule has 0 aliphatic rings. The van der Waals surface area contributed by atoms with Crippen molar-refractivity contribution in [1.82, 2.24) is 0 Å². The maximum Gasteiger partial charge on any atom is 0.127 e. The molecule has 14 heavy (non-hydrogen) atoms. The zero-order valence-electron chi connectivity index (χ0n) is 8.36. The van der Waals surface area contributed by atoms with E-state index in [4.69, 9.17) is 20.3 Å². The number of aliphatic hydroxyl groups is 1. The van der Waals surface area contributed by atoms with Gasteiger partial charge in [-0.2, -0.15) is 0 Å². The highest BCUT2D eigenvalue weighted by Gasteiger charge is 2.16. The van der Waals surface area contributed by atoms with Gasteiger partial charge in [-0.3, -0.25) is 0 Å². The zero-order chi connectivity index (χ0) is 10.6. The second kappa shape index (κ2) is 4.83. The summed E-state index contributed by atoms with van der Waals surface area (Å²) in [7, 11) is 3.12. The van der Waals surface area contributed by atoms with Gasteiger partial charge < -0.3 is 20.3 Å². The van der Waals surface area contributed by atoms with Crippen LogP contribution in [-0.2, 0) is 0 Å². The van der Waals surface area contributed by atoms with Gasteiger partial charge in [-0.25, -0.2) is 0 Å². The van der Waals surface area contributed by atoms with Gasteiger partial charge in [0, 0.05) is 0 Å². The molecule has 4 heteroatoms. The number of hydrogen-bond acceptors (Lipinski definition) is 4. The van der Waals surface area contributed by atoms with Crippen LogP contribution < -0.4 is 15.2 Å². The van der Waals surface area contributed by atoms with Crippen molar-refractivity contribution >= 4 is 0 Å². The molecule has 78 valence electrons. The Morgan fingerprint density at radius 1 is 1.29 bits per heavy atom. The predicted molar refractivity (Wildman–Crippen MR) is 53.6 cm³/mol. The van der Waals surface area contributed by atoms with Gasteiger partial charge in [0.1, 0.15) is 11.5 Å². The maximum atomic E-state index is 8.99. The van der Waals surface area contributed by atoms with Crippen molar-refractivity contribution in [3.05, 3.63) is 23.8 Å². The lowest BCUT2D eigenvalue weighted by Crippen LogP contribution is -2.16. The lowest BCUT2D eigenvalue weighted by molar-refractivity contribution is 0.260. The largest absolute Gasteiger partial charge is 0.496 e. The van der Waals surface area contributed by atoms with Crippen molar-refractivity contribution in [3.8, 4) is 11.5 Å². The Morgan fingerprint density at radius 2 is 1.79 bits per heavy atom. The Hall–Kier alpha value is -1.26. The van der Waals surface area contributed by atoms with E-state index in [0.717, 1.165) is 0 Å². The van der Waals surface area contributed by atoms with Crippen LogP contribution in [0.5, 0.6) is 11.5 Å². The number of rotatable bonds is 4. The summed E-state index contributed by atoms with van der Waals surface area (Å²) in [6.07, 6.45) is 0. The highest BCUT2D eigenvalue weighted by atomic mass is 16.5. The van der Waals surface area contributed by atoms with Gasteiger partial charge in [0.15, 0.2) is 0 Å². The van der Waals surface area contributed by atoms with E-state index in [1.807, 2.05) is 6.07 Å². The third-order valence-corrected chi connectivity index (χ3v) is 2.03. The standard InChI is InChI=1S/C10H15NO3/c1-13-8-4-3-5-9(14-2)10(8)7(11)6-12/h3-5,7,12H,6,11H2,1-2H3/t7-/m1/s1. The van der Waals surface area contributed by atoms with E-state index in [0.29, 0.717) is 17.1 Å². The molecule has 0 saturated carbocycles. The molecule has 0 aliphatic heterocycles. The first-order chi connectivity index (χ1) is 6.74. The fourth-order valence-corrected chi connectivity index (χ4v) is 1.34. The molecule has 0 radical (unpaired) electrons. The average molecular weight is 197 g/mol. The first kappa shape index (κ1) is 10.8. The smallest absolute Gasteiger partial charge is 0.127 e. The average Bonchev–Trinajstić information content (AvgIpc) is 2.26. The SMILES string of the molecule is COc1cccc(OC)c1[C@H](N)CO. The minimum atomic E-state index is -0.485. The zero-order valence-corrected chi connectivity index (χ0v) is 8.36. The van der Waals surface area contributed by atoms with Crippen molar-refractivity contribution in [2.24, 2.45) is 5.73 Å². The Kier molecular flexibility index (Phi) is 3.73. The van der Waals surface area contributed by atoms with Gasteiger partial charge in [-0.1, -0.05) is 6.07 Å². The summed E-state index contributed by atoms with van der Waals surface area (Å²) < 4.78 is 10.3. The first-order valence-electron chi connectivity index (χ1n) is 4.32. The van der Waals surface area contributed by atoms with E-state index in [1.54, 1.807) is 26.4 Å². The van der Waals surface area contributed by atoms with Crippen LogP contribution in [0, 0.1) is 0 Å². The molecular weight excluding hydrogens is 182 g/mol. The van der Waals surface area contributed by atoms with Crippen LogP contribution in [0.3, 0.4) is 0 Å². The molecule has 1 aromatic rings. The third-order valence-electron chi connectivity index (χ3n) is 2.03. The van der Waals surface area contributed by atoms with Crippen molar-refractivity contribution in [3.63, 3.8) is 0 Å². The monoisotopic (exact) mass is 197 g/mol. The summed E-state index contributed by atoms with van der Waals surface area (Å²) >= 11 is 0.